The molecule has 0 aromatic carbocycles. The minimum atomic E-state index is -2.89. The minimum Gasteiger partial charge on any atom is -0.229 e. The number of hydrogen-bond acceptors (Lipinski definition) is 3. The van der Waals surface area contributed by atoms with Crippen LogP contribution in [0.1, 0.15) is 33.1 Å². The molecule has 0 unspecified atom stereocenters. The van der Waals surface area contributed by atoms with Crippen molar-refractivity contribution in [3.05, 3.63) is 0 Å². The maximum atomic E-state index is 11.2. The van der Waals surface area contributed by atoms with Gasteiger partial charge in [0.15, 0.2) is 9.84 Å². The summed E-state index contributed by atoms with van der Waals surface area (Å²) in [6.07, 6.45) is 1.74. The second-order valence-electron chi connectivity index (χ2n) is 3.03. The molecule has 0 heterocycles. The van der Waals surface area contributed by atoms with E-state index in [0.29, 0.717) is 19.3 Å². The molecule has 0 amide bonds. The van der Waals surface area contributed by atoms with E-state index in [-0.39, 0.29) is 11.0 Å². The molecular formula is C8H15NO2S. The van der Waals surface area contributed by atoms with E-state index in [1.165, 1.54) is 0 Å². The number of sulfone groups is 1. The number of nitrogens with zero attached hydrogens (tertiary/aromatic N) is 1. The van der Waals surface area contributed by atoms with Gasteiger partial charge in [0.05, 0.1) is 17.1 Å². The molecule has 12 heavy (non-hydrogen) atoms. The predicted molar refractivity (Wildman–Crippen MR) is 48.4 cm³/mol. The van der Waals surface area contributed by atoms with Gasteiger partial charge in [-0.05, 0) is 26.7 Å². The fourth-order valence-electron chi connectivity index (χ4n) is 0.743. The first kappa shape index (κ1) is 11.4. The zero-order valence-electron chi connectivity index (χ0n) is 7.58. The zero-order chi connectivity index (χ0) is 9.61. The number of hydrogen-bond donors (Lipinski definition) is 0. The summed E-state index contributed by atoms with van der Waals surface area (Å²) in [5.41, 5.74) is 0. The van der Waals surface area contributed by atoms with Gasteiger partial charge in [0.2, 0.25) is 0 Å². The molecule has 0 bridgehead atoms. The summed E-state index contributed by atoms with van der Waals surface area (Å²) >= 11 is 0. The van der Waals surface area contributed by atoms with Gasteiger partial charge in [-0.2, -0.15) is 5.26 Å². The molecule has 0 atom stereocenters. The average molecular weight is 189 g/mol. The Kier molecular flexibility index (Phi) is 4.91. The van der Waals surface area contributed by atoms with E-state index in [2.05, 4.69) is 0 Å². The van der Waals surface area contributed by atoms with Crippen LogP contribution in [0.25, 0.3) is 0 Å². The maximum absolute atomic E-state index is 11.2. The van der Waals surface area contributed by atoms with Crippen molar-refractivity contribution >= 4 is 9.84 Å². The standard InChI is InChI=1S/C8H15NO2S/c1-8(2)12(10,11)7-5-3-4-6-9/h8H,3-5,7H2,1-2H3. The first-order valence-electron chi connectivity index (χ1n) is 4.09. The van der Waals surface area contributed by atoms with Crippen molar-refractivity contribution in [2.24, 2.45) is 0 Å². The SMILES string of the molecule is CC(C)S(=O)(=O)CCCCC#N. The quantitative estimate of drug-likeness (QED) is 0.616. The Labute approximate surface area is 74.3 Å². The van der Waals surface area contributed by atoms with Crippen molar-refractivity contribution in [1.29, 1.82) is 5.26 Å². The highest BCUT2D eigenvalue weighted by Gasteiger charge is 2.14. The van der Waals surface area contributed by atoms with Gasteiger partial charge in [-0.15, -0.1) is 0 Å². The van der Waals surface area contributed by atoms with E-state index in [4.69, 9.17) is 5.26 Å². The lowest BCUT2D eigenvalue weighted by Crippen LogP contribution is -2.17. The van der Waals surface area contributed by atoms with Gasteiger partial charge in [-0.3, -0.25) is 0 Å². The van der Waals surface area contributed by atoms with Gasteiger partial charge in [-0.25, -0.2) is 8.42 Å². The molecule has 70 valence electrons. The molecule has 0 aromatic rings. The lowest BCUT2D eigenvalue weighted by Gasteiger charge is -2.05. The van der Waals surface area contributed by atoms with Crippen LogP contribution >= 0.6 is 0 Å². The van der Waals surface area contributed by atoms with Crippen molar-refractivity contribution in [2.45, 2.75) is 38.4 Å². The summed E-state index contributed by atoms with van der Waals surface area (Å²) in [5, 5.41) is 7.91. The van der Waals surface area contributed by atoms with Gasteiger partial charge >= 0.3 is 0 Å². The van der Waals surface area contributed by atoms with Gasteiger partial charge in [0, 0.05) is 6.42 Å². The highest BCUT2D eigenvalue weighted by molar-refractivity contribution is 7.91. The van der Waals surface area contributed by atoms with E-state index >= 15 is 0 Å². The molecule has 0 saturated heterocycles. The van der Waals surface area contributed by atoms with E-state index in [9.17, 15) is 8.42 Å². The molecule has 0 radical (unpaired) electrons. The molecule has 0 aromatic heterocycles. The van der Waals surface area contributed by atoms with Crippen LogP contribution in [0.5, 0.6) is 0 Å². The third-order valence-electron chi connectivity index (χ3n) is 1.69. The van der Waals surface area contributed by atoms with Gasteiger partial charge in [0.1, 0.15) is 0 Å². The lowest BCUT2D eigenvalue weighted by atomic mass is 10.3. The Balaban J connectivity index is 3.72. The molecule has 0 saturated carbocycles. The third kappa shape index (κ3) is 4.35. The van der Waals surface area contributed by atoms with Crippen LogP contribution in [0.4, 0.5) is 0 Å². The van der Waals surface area contributed by atoms with Crippen molar-refractivity contribution in [2.75, 3.05) is 5.75 Å². The molecule has 4 heteroatoms. The highest BCUT2D eigenvalue weighted by Crippen LogP contribution is 2.05. The summed E-state index contributed by atoms with van der Waals surface area (Å²) in [4.78, 5) is 0. The van der Waals surface area contributed by atoms with E-state index < -0.39 is 9.84 Å². The molecule has 0 fully saturated rings. The summed E-state index contributed by atoms with van der Waals surface area (Å²) < 4.78 is 22.4. The topological polar surface area (TPSA) is 57.9 Å². The van der Waals surface area contributed by atoms with Crippen LogP contribution in [0, 0.1) is 11.3 Å². The Morgan fingerprint density at radius 2 is 1.92 bits per heavy atom. The monoisotopic (exact) mass is 189 g/mol. The normalized spacial score (nSPS) is 11.5. The Morgan fingerprint density at radius 3 is 2.33 bits per heavy atom. The van der Waals surface area contributed by atoms with Gasteiger partial charge in [0.25, 0.3) is 0 Å². The van der Waals surface area contributed by atoms with E-state index in [0.717, 1.165) is 0 Å². The summed E-state index contributed by atoms with van der Waals surface area (Å²) in [6, 6.07) is 1.99. The van der Waals surface area contributed by atoms with Crippen molar-refractivity contribution in [1.82, 2.24) is 0 Å². The minimum absolute atomic E-state index is 0.215. The molecular weight excluding hydrogens is 174 g/mol. The van der Waals surface area contributed by atoms with Crippen molar-refractivity contribution in [3.63, 3.8) is 0 Å². The Hall–Kier alpha value is -0.560. The zero-order valence-corrected chi connectivity index (χ0v) is 8.39. The van der Waals surface area contributed by atoms with Crippen molar-refractivity contribution < 1.29 is 8.42 Å². The Bertz CT molecular complexity index is 249. The van der Waals surface area contributed by atoms with Gasteiger partial charge < -0.3 is 0 Å². The molecule has 0 N–H and O–H groups in total. The largest absolute Gasteiger partial charge is 0.229 e. The molecule has 0 aliphatic carbocycles. The van der Waals surface area contributed by atoms with Crippen LogP contribution in [0.3, 0.4) is 0 Å². The molecule has 0 rings (SSSR count). The lowest BCUT2D eigenvalue weighted by molar-refractivity contribution is 0.583. The maximum Gasteiger partial charge on any atom is 0.152 e. The van der Waals surface area contributed by atoms with Crippen LogP contribution in [0.15, 0.2) is 0 Å². The summed E-state index contributed by atoms with van der Waals surface area (Å²) in [6.45, 7) is 3.36. The Morgan fingerprint density at radius 1 is 1.33 bits per heavy atom. The highest BCUT2D eigenvalue weighted by atomic mass is 32.2. The smallest absolute Gasteiger partial charge is 0.152 e. The molecule has 0 aliphatic heterocycles. The predicted octanol–water partition coefficient (Wildman–Crippen LogP) is 1.50. The first-order chi connectivity index (χ1) is 5.50. The number of nitriles is 1. The summed E-state index contributed by atoms with van der Waals surface area (Å²) in [7, 11) is -2.89. The number of unbranched alkanes of at least 4 members (excludes halogenated alkanes) is 2. The third-order valence-corrected chi connectivity index (χ3v) is 3.98. The fourth-order valence-corrected chi connectivity index (χ4v) is 1.82. The second-order valence-corrected chi connectivity index (χ2v) is 5.71. The van der Waals surface area contributed by atoms with E-state index in [1.54, 1.807) is 13.8 Å². The van der Waals surface area contributed by atoms with Crippen molar-refractivity contribution in [3.8, 4) is 6.07 Å². The molecule has 0 aliphatic rings. The number of rotatable bonds is 5. The van der Waals surface area contributed by atoms with Crippen LogP contribution in [0.2, 0.25) is 0 Å². The van der Waals surface area contributed by atoms with Crippen LogP contribution in [-0.4, -0.2) is 19.4 Å². The fraction of sp³-hybridized carbons (Fsp3) is 0.875. The average Bonchev–Trinajstić information content (AvgIpc) is 1.98. The van der Waals surface area contributed by atoms with Crippen LogP contribution < -0.4 is 0 Å². The second kappa shape index (κ2) is 5.15. The summed E-state index contributed by atoms with van der Waals surface area (Å²) in [5.74, 6) is 0.215. The molecule has 3 nitrogen and oxygen atoms in total. The van der Waals surface area contributed by atoms with Gasteiger partial charge in [-0.1, -0.05) is 0 Å². The van der Waals surface area contributed by atoms with Crippen LogP contribution in [-0.2, 0) is 9.84 Å². The first-order valence-corrected chi connectivity index (χ1v) is 5.80. The molecule has 0 spiro atoms. The van der Waals surface area contributed by atoms with E-state index in [1.807, 2.05) is 6.07 Å².